The van der Waals surface area contributed by atoms with E-state index in [9.17, 15) is 4.79 Å². The molecule has 0 radical (unpaired) electrons. The first kappa shape index (κ1) is 14.1. The SMILES string of the molecule is C[C@@H]1CCCN(CC(=O)NCc2nc3ccccc3o2)C1. The van der Waals surface area contributed by atoms with Crippen LogP contribution in [-0.2, 0) is 11.3 Å². The Balaban J connectivity index is 1.51. The van der Waals surface area contributed by atoms with Gasteiger partial charge in [-0.3, -0.25) is 9.69 Å². The number of hydrogen-bond acceptors (Lipinski definition) is 4. The molecule has 1 aromatic heterocycles. The van der Waals surface area contributed by atoms with E-state index in [0.29, 0.717) is 24.9 Å². The first-order chi connectivity index (χ1) is 10.2. The topological polar surface area (TPSA) is 58.4 Å². The summed E-state index contributed by atoms with van der Waals surface area (Å²) in [6.07, 6.45) is 2.45. The van der Waals surface area contributed by atoms with Crippen molar-refractivity contribution in [2.24, 2.45) is 5.92 Å². The number of nitrogens with zero attached hydrogens (tertiary/aromatic N) is 2. The number of rotatable bonds is 4. The lowest BCUT2D eigenvalue weighted by molar-refractivity contribution is -0.122. The van der Waals surface area contributed by atoms with Gasteiger partial charge in [-0.15, -0.1) is 0 Å². The van der Waals surface area contributed by atoms with Crippen LogP contribution in [-0.4, -0.2) is 35.4 Å². The van der Waals surface area contributed by atoms with Crippen LogP contribution in [0, 0.1) is 5.92 Å². The summed E-state index contributed by atoms with van der Waals surface area (Å²) < 4.78 is 5.59. The number of nitrogens with one attached hydrogen (secondary N) is 1. The van der Waals surface area contributed by atoms with Crippen LogP contribution in [0.3, 0.4) is 0 Å². The minimum absolute atomic E-state index is 0.0337. The summed E-state index contributed by atoms with van der Waals surface area (Å²) in [6.45, 7) is 5.07. The zero-order valence-corrected chi connectivity index (χ0v) is 12.3. The molecule has 0 unspecified atom stereocenters. The molecule has 112 valence electrons. The van der Waals surface area contributed by atoms with Crippen LogP contribution in [0.25, 0.3) is 11.1 Å². The highest BCUT2D eigenvalue weighted by Crippen LogP contribution is 2.15. The van der Waals surface area contributed by atoms with Gasteiger partial charge in [-0.25, -0.2) is 4.98 Å². The van der Waals surface area contributed by atoms with E-state index in [4.69, 9.17) is 4.42 Å². The van der Waals surface area contributed by atoms with E-state index in [1.165, 1.54) is 12.8 Å². The standard InChI is InChI=1S/C16H21N3O2/c1-12-5-4-8-19(10-12)11-15(20)17-9-16-18-13-6-2-3-7-14(13)21-16/h2-3,6-7,12H,4-5,8-11H2,1H3,(H,17,20)/t12-/m1/s1. The van der Waals surface area contributed by atoms with Crippen molar-refractivity contribution >= 4 is 17.0 Å². The molecule has 0 saturated carbocycles. The lowest BCUT2D eigenvalue weighted by atomic mass is 10.0. The van der Waals surface area contributed by atoms with Gasteiger partial charge in [-0.05, 0) is 37.4 Å². The van der Waals surface area contributed by atoms with E-state index >= 15 is 0 Å². The zero-order valence-electron chi connectivity index (χ0n) is 12.3. The predicted octanol–water partition coefficient (Wildman–Crippen LogP) is 2.18. The van der Waals surface area contributed by atoms with Crippen molar-refractivity contribution in [3.8, 4) is 0 Å². The lowest BCUT2D eigenvalue weighted by Gasteiger charge is -2.30. The smallest absolute Gasteiger partial charge is 0.234 e. The molecule has 1 aromatic carbocycles. The van der Waals surface area contributed by atoms with Crippen molar-refractivity contribution in [1.29, 1.82) is 0 Å². The van der Waals surface area contributed by atoms with Gasteiger partial charge in [0.25, 0.3) is 0 Å². The van der Waals surface area contributed by atoms with Crippen LogP contribution >= 0.6 is 0 Å². The van der Waals surface area contributed by atoms with Crippen molar-refractivity contribution in [2.75, 3.05) is 19.6 Å². The Kier molecular flexibility index (Phi) is 4.20. The van der Waals surface area contributed by atoms with Crippen LogP contribution in [0.4, 0.5) is 0 Å². The molecule has 1 saturated heterocycles. The molecule has 1 N–H and O–H groups in total. The zero-order chi connectivity index (χ0) is 14.7. The van der Waals surface area contributed by atoms with Gasteiger partial charge in [0.05, 0.1) is 13.1 Å². The summed E-state index contributed by atoms with van der Waals surface area (Å²) in [5.74, 6) is 1.27. The second-order valence-electron chi connectivity index (χ2n) is 5.83. The first-order valence-electron chi connectivity index (χ1n) is 7.54. The van der Waals surface area contributed by atoms with E-state index in [0.717, 1.165) is 24.2 Å². The quantitative estimate of drug-likeness (QED) is 0.936. The lowest BCUT2D eigenvalue weighted by Crippen LogP contribution is -2.41. The molecule has 1 aliphatic rings. The molecule has 1 atom stereocenters. The number of fused-ring (bicyclic) bond motifs is 1. The molecule has 1 aliphatic heterocycles. The summed E-state index contributed by atoms with van der Waals surface area (Å²) in [4.78, 5) is 18.6. The summed E-state index contributed by atoms with van der Waals surface area (Å²) in [6, 6.07) is 7.61. The average Bonchev–Trinajstić information content (AvgIpc) is 2.88. The highest BCUT2D eigenvalue weighted by atomic mass is 16.3. The number of piperidine rings is 1. The van der Waals surface area contributed by atoms with Crippen LogP contribution in [0.2, 0.25) is 0 Å². The van der Waals surface area contributed by atoms with Crippen molar-refractivity contribution in [3.63, 3.8) is 0 Å². The summed E-state index contributed by atoms with van der Waals surface area (Å²) >= 11 is 0. The molecule has 0 bridgehead atoms. The fourth-order valence-corrected chi connectivity index (χ4v) is 2.86. The highest BCUT2D eigenvalue weighted by molar-refractivity contribution is 5.78. The van der Waals surface area contributed by atoms with Crippen LogP contribution in [0.15, 0.2) is 28.7 Å². The third-order valence-electron chi connectivity index (χ3n) is 3.88. The van der Waals surface area contributed by atoms with Gasteiger partial charge in [-0.2, -0.15) is 0 Å². The Bertz CT molecular complexity index is 590. The van der Waals surface area contributed by atoms with E-state index in [-0.39, 0.29) is 5.91 Å². The summed E-state index contributed by atoms with van der Waals surface area (Å²) in [5, 5.41) is 2.89. The number of amides is 1. The van der Waals surface area contributed by atoms with Gasteiger partial charge in [0.15, 0.2) is 5.58 Å². The van der Waals surface area contributed by atoms with Crippen molar-refractivity contribution < 1.29 is 9.21 Å². The molecule has 21 heavy (non-hydrogen) atoms. The fraction of sp³-hybridized carbons (Fsp3) is 0.500. The van der Waals surface area contributed by atoms with E-state index < -0.39 is 0 Å². The molecule has 5 heteroatoms. The molecular weight excluding hydrogens is 266 g/mol. The molecule has 0 aliphatic carbocycles. The predicted molar refractivity (Wildman–Crippen MR) is 80.7 cm³/mol. The number of likely N-dealkylation sites (tertiary alicyclic amines) is 1. The van der Waals surface area contributed by atoms with Crippen molar-refractivity contribution in [2.45, 2.75) is 26.3 Å². The monoisotopic (exact) mass is 287 g/mol. The highest BCUT2D eigenvalue weighted by Gasteiger charge is 2.18. The maximum absolute atomic E-state index is 12.0. The summed E-state index contributed by atoms with van der Waals surface area (Å²) in [7, 11) is 0. The summed E-state index contributed by atoms with van der Waals surface area (Å²) in [5.41, 5.74) is 1.58. The van der Waals surface area contributed by atoms with Crippen LogP contribution in [0.1, 0.15) is 25.7 Å². The van der Waals surface area contributed by atoms with Crippen molar-refractivity contribution in [3.05, 3.63) is 30.2 Å². The Hall–Kier alpha value is -1.88. The number of hydrogen-bond donors (Lipinski definition) is 1. The third kappa shape index (κ3) is 3.61. The Morgan fingerprint density at radius 2 is 2.33 bits per heavy atom. The van der Waals surface area contributed by atoms with Gasteiger partial charge >= 0.3 is 0 Å². The van der Waals surface area contributed by atoms with Gasteiger partial charge in [-0.1, -0.05) is 19.1 Å². The first-order valence-corrected chi connectivity index (χ1v) is 7.54. The number of carbonyl (C=O) groups is 1. The number of aromatic nitrogens is 1. The van der Waals surface area contributed by atoms with Gasteiger partial charge in [0.1, 0.15) is 5.52 Å². The molecule has 1 amide bonds. The van der Waals surface area contributed by atoms with Crippen molar-refractivity contribution in [1.82, 2.24) is 15.2 Å². The molecule has 2 heterocycles. The number of oxazole rings is 1. The Morgan fingerprint density at radius 1 is 1.48 bits per heavy atom. The van der Waals surface area contributed by atoms with E-state index in [2.05, 4.69) is 22.1 Å². The fourth-order valence-electron chi connectivity index (χ4n) is 2.86. The Morgan fingerprint density at radius 3 is 3.14 bits per heavy atom. The van der Waals surface area contributed by atoms with Crippen LogP contribution in [0.5, 0.6) is 0 Å². The molecular formula is C16H21N3O2. The normalized spacial score (nSPS) is 19.8. The second kappa shape index (κ2) is 6.26. The number of carbonyl (C=O) groups excluding carboxylic acids is 1. The minimum atomic E-state index is 0.0337. The largest absolute Gasteiger partial charge is 0.439 e. The molecule has 1 fully saturated rings. The maximum atomic E-state index is 12.0. The average molecular weight is 287 g/mol. The molecule has 5 nitrogen and oxygen atoms in total. The van der Waals surface area contributed by atoms with E-state index in [1.807, 2.05) is 24.3 Å². The second-order valence-corrected chi connectivity index (χ2v) is 5.83. The Labute approximate surface area is 124 Å². The third-order valence-corrected chi connectivity index (χ3v) is 3.88. The number of benzene rings is 1. The maximum Gasteiger partial charge on any atom is 0.234 e. The van der Waals surface area contributed by atoms with Gasteiger partial charge < -0.3 is 9.73 Å². The minimum Gasteiger partial charge on any atom is -0.439 e. The molecule has 3 rings (SSSR count). The number of para-hydroxylation sites is 2. The molecule has 0 spiro atoms. The van der Waals surface area contributed by atoms with E-state index in [1.54, 1.807) is 0 Å². The van der Waals surface area contributed by atoms with Crippen LogP contribution < -0.4 is 5.32 Å². The molecule has 2 aromatic rings. The van der Waals surface area contributed by atoms with Gasteiger partial charge in [0.2, 0.25) is 11.8 Å². The van der Waals surface area contributed by atoms with Gasteiger partial charge in [0, 0.05) is 6.54 Å².